The molecule has 3 nitrogen and oxygen atoms in total. The molecule has 0 fully saturated rings. The van der Waals surface area contributed by atoms with Gasteiger partial charge in [0.25, 0.3) is 5.91 Å². The van der Waals surface area contributed by atoms with Crippen LogP contribution in [-0.2, 0) is 0 Å². The van der Waals surface area contributed by atoms with E-state index >= 15 is 0 Å². The van der Waals surface area contributed by atoms with Crippen molar-refractivity contribution in [2.45, 2.75) is 19.2 Å². The van der Waals surface area contributed by atoms with Crippen LogP contribution in [0.4, 0.5) is 13.2 Å². The first-order valence-electron chi connectivity index (χ1n) is 5.38. The zero-order valence-corrected chi connectivity index (χ0v) is 11.9. The van der Waals surface area contributed by atoms with E-state index in [0.717, 1.165) is 10.5 Å². The molecule has 7 heteroatoms. The van der Waals surface area contributed by atoms with Crippen molar-refractivity contribution in [1.82, 2.24) is 4.90 Å². The lowest BCUT2D eigenvalue weighted by molar-refractivity contribution is -0.205. The van der Waals surface area contributed by atoms with E-state index in [1.807, 2.05) is 0 Å². The van der Waals surface area contributed by atoms with Crippen molar-refractivity contribution in [2.24, 2.45) is 0 Å². The Morgan fingerprint density at radius 1 is 1.42 bits per heavy atom. The van der Waals surface area contributed by atoms with Crippen LogP contribution >= 0.6 is 15.9 Å². The van der Waals surface area contributed by atoms with E-state index in [9.17, 15) is 18.0 Å². The molecule has 1 amide bonds. The summed E-state index contributed by atoms with van der Waals surface area (Å²) >= 11 is 3.21. The zero-order chi connectivity index (χ0) is 14.8. The Labute approximate surface area is 117 Å². The van der Waals surface area contributed by atoms with Gasteiger partial charge in [0.2, 0.25) is 0 Å². The average molecular weight is 340 g/mol. The normalized spacial score (nSPS) is 13.2. The maximum atomic E-state index is 12.2. The second kappa shape index (κ2) is 5.92. The lowest BCUT2D eigenvalue weighted by Crippen LogP contribution is -2.41. The smallest absolute Gasteiger partial charge is 0.382 e. The Morgan fingerprint density at radius 3 is 2.47 bits per heavy atom. The standard InChI is InChI=1S/C12H13BrF3NO2/c1-7-3-8(5-9(13)4-7)11(19)17(2)6-10(18)12(14,15)16/h3-5,10,18H,6H2,1-2H3/t10-/m1/s1. The lowest BCUT2D eigenvalue weighted by Gasteiger charge is -2.22. The van der Waals surface area contributed by atoms with Crippen LogP contribution < -0.4 is 0 Å². The van der Waals surface area contributed by atoms with Crippen molar-refractivity contribution < 1.29 is 23.1 Å². The molecule has 0 unspecified atom stereocenters. The fraction of sp³-hybridized carbons (Fsp3) is 0.417. The van der Waals surface area contributed by atoms with Gasteiger partial charge in [-0.1, -0.05) is 15.9 Å². The predicted octanol–water partition coefficient (Wildman–Crippen LogP) is 2.75. The number of rotatable bonds is 3. The van der Waals surface area contributed by atoms with E-state index in [1.165, 1.54) is 13.1 Å². The second-order valence-corrected chi connectivity index (χ2v) is 5.18. The monoisotopic (exact) mass is 339 g/mol. The zero-order valence-electron chi connectivity index (χ0n) is 10.3. The minimum Gasteiger partial charge on any atom is -0.382 e. The molecule has 0 aromatic heterocycles. The largest absolute Gasteiger partial charge is 0.416 e. The highest BCUT2D eigenvalue weighted by molar-refractivity contribution is 9.10. The van der Waals surface area contributed by atoms with Gasteiger partial charge in [0.05, 0.1) is 6.54 Å². The molecular weight excluding hydrogens is 327 g/mol. The third kappa shape index (κ3) is 4.50. The number of likely N-dealkylation sites (N-methyl/N-ethyl adjacent to an activating group) is 1. The van der Waals surface area contributed by atoms with Crippen molar-refractivity contribution in [3.63, 3.8) is 0 Å². The minimum atomic E-state index is -4.73. The van der Waals surface area contributed by atoms with E-state index < -0.39 is 24.7 Å². The molecule has 0 heterocycles. The third-order valence-electron chi connectivity index (χ3n) is 2.46. The van der Waals surface area contributed by atoms with Crippen LogP contribution in [0.3, 0.4) is 0 Å². The molecule has 0 radical (unpaired) electrons. The quantitative estimate of drug-likeness (QED) is 0.919. The van der Waals surface area contributed by atoms with Crippen molar-refractivity contribution in [3.05, 3.63) is 33.8 Å². The van der Waals surface area contributed by atoms with Crippen LogP contribution in [0.25, 0.3) is 0 Å². The van der Waals surface area contributed by atoms with Gasteiger partial charge in [0, 0.05) is 17.1 Å². The van der Waals surface area contributed by atoms with Crippen molar-refractivity contribution in [1.29, 1.82) is 0 Å². The predicted molar refractivity (Wildman–Crippen MR) is 67.9 cm³/mol. The number of carbonyl (C=O) groups is 1. The van der Waals surface area contributed by atoms with E-state index in [4.69, 9.17) is 5.11 Å². The van der Waals surface area contributed by atoms with Gasteiger partial charge in [-0.2, -0.15) is 13.2 Å². The van der Waals surface area contributed by atoms with Gasteiger partial charge in [-0.25, -0.2) is 0 Å². The summed E-state index contributed by atoms with van der Waals surface area (Å²) in [6, 6.07) is 4.87. The van der Waals surface area contributed by atoms with E-state index in [-0.39, 0.29) is 5.56 Å². The fourth-order valence-corrected chi connectivity index (χ4v) is 2.13. The summed E-state index contributed by atoms with van der Waals surface area (Å²) in [6.07, 6.45) is -7.28. The summed E-state index contributed by atoms with van der Waals surface area (Å²) in [4.78, 5) is 12.8. The third-order valence-corrected chi connectivity index (χ3v) is 2.92. The molecule has 1 atom stereocenters. The molecule has 1 aromatic carbocycles. The number of hydrogen-bond donors (Lipinski definition) is 1. The molecule has 0 aliphatic heterocycles. The maximum absolute atomic E-state index is 12.2. The number of carbonyl (C=O) groups excluding carboxylic acids is 1. The Hall–Kier alpha value is -1.08. The number of aliphatic hydroxyl groups is 1. The summed E-state index contributed by atoms with van der Waals surface area (Å²) in [7, 11) is 1.22. The van der Waals surface area contributed by atoms with E-state index in [1.54, 1.807) is 19.1 Å². The number of aryl methyl sites for hydroxylation is 1. The first kappa shape index (κ1) is 16.0. The number of aliphatic hydroxyl groups excluding tert-OH is 1. The molecule has 19 heavy (non-hydrogen) atoms. The Morgan fingerprint density at radius 2 is 2.00 bits per heavy atom. The van der Waals surface area contributed by atoms with Crippen LogP contribution in [-0.4, -0.2) is 41.8 Å². The van der Waals surface area contributed by atoms with Gasteiger partial charge in [0.15, 0.2) is 6.10 Å². The maximum Gasteiger partial charge on any atom is 0.416 e. The lowest BCUT2D eigenvalue weighted by atomic mass is 10.1. The van der Waals surface area contributed by atoms with E-state index in [2.05, 4.69) is 15.9 Å². The molecule has 106 valence electrons. The van der Waals surface area contributed by atoms with Gasteiger partial charge in [-0.3, -0.25) is 4.79 Å². The molecule has 1 N–H and O–H groups in total. The highest BCUT2D eigenvalue weighted by Crippen LogP contribution is 2.21. The molecule has 0 aliphatic rings. The summed E-state index contributed by atoms with van der Waals surface area (Å²) < 4.78 is 37.3. The topological polar surface area (TPSA) is 40.5 Å². The summed E-state index contributed by atoms with van der Waals surface area (Å²) in [5.41, 5.74) is 1.08. The highest BCUT2D eigenvalue weighted by atomic mass is 79.9. The van der Waals surface area contributed by atoms with Gasteiger partial charge >= 0.3 is 6.18 Å². The molecule has 0 aliphatic carbocycles. The van der Waals surface area contributed by atoms with Crippen molar-refractivity contribution >= 4 is 21.8 Å². The van der Waals surface area contributed by atoms with Gasteiger partial charge < -0.3 is 10.0 Å². The number of alkyl halides is 3. The number of halogens is 4. The number of hydrogen-bond acceptors (Lipinski definition) is 2. The van der Waals surface area contributed by atoms with Gasteiger partial charge in [-0.05, 0) is 30.7 Å². The number of benzene rings is 1. The van der Waals surface area contributed by atoms with E-state index in [0.29, 0.717) is 4.47 Å². The Bertz CT molecular complexity index is 456. The minimum absolute atomic E-state index is 0.267. The molecule has 1 rings (SSSR count). The summed E-state index contributed by atoms with van der Waals surface area (Å²) in [6.45, 7) is 0.972. The first-order valence-corrected chi connectivity index (χ1v) is 6.18. The van der Waals surface area contributed by atoms with Gasteiger partial charge in [-0.15, -0.1) is 0 Å². The molecular formula is C12H13BrF3NO2. The summed E-state index contributed by atoms with van der Waals surface area (Å²) in [5, 5.41) is 8.93. The van der Waals surface area contributed by atoms with Crippen molar-refractivity contribution in [2.75, 3.05) is 13.6 Å². The molecule has 0 bridgehead atoms. The van der Waals surface area contributed by atoms with Crippen LogP contribution in [0.2, 0.25) is 0 Å². The van der Waals surface area contributed by atoms with Gasteiger partial charge in [0.1, 0.15) is 0 Å². The second-order valence-electron chi connectivity index (χ2n) is 4.26. The van der Waals surface area contributed by atoms with Crippen LogP contribution in [0.1, 0.15) is 15.9 Å². The fourth-order valence-electron chi connectivity index (χ4n) is 1.53. The first-order chi connectivity index (χ1) is 8.61. The molecule has 1 aromatic rings. The van der Waals surface area contributed by atoms with Crippen LogP contribution in [0.5, 0.6) is 0 Å². The molecule has 0 saturated heterocycles. The highest BCUT2D eigenvalue weighted by Gasteiger charge is 2.39. The van der Waals surface area contributed by atoms with Crippen LogP contribution in [0, 0.1) is 6.92 Å². The van der Waals surface area contributed by atoms with Crippen molar-refractivity contribution in [3.8, 4) is 0 Å². The molecule has 0 saturated carbocycles. The number of nitrogens with zero attached hydrogens (tertiary/aromatic N) is 1. The Balaban J connectivity index is 2.82. The SMILES string of the molecule is Cc1cc(Br)cc(C(=O)N(C)C[C@@H](O)C(F)(F)F)c1. The summed E-state index contributed by atoms with van der Waals surface area (Å²) in [5.74, 6) is -0.576. The Kier molecular flexibility index (Phi) is 4.98. The van der Waals surface area contributed by atoms with Crippen LogP contribution in [0.15, 0.2) is 22.7 Å². The average Bonchev–Trinajstić information content (AvgIpc) is 2.25. The molecule has 0 spiro atoms. The number of amides is 1.